The Morgan fingerprint density at radius 2 is 2.36 bits per heavy atom. The van der Waals surface area contributed by atoms with E-state index in [4.69, 9.17) is 0 Å². The van der Waals surface area contributed by atoms with Crippen molar-refractivity contribution in [1.82, 2.24) is 4.98 Å². The van der Waals surface area contributed by atoms with Crippen molar-refractivity contribution < 1.29 is 14.3 Å². The van der Waals surface area contributed by atoms with Gasteiger partial charge >= 0.3 is 5.97 Å². The number of anilines is 1. The third-order valence-electron chi connectivity index (χ3n) is 1.48. The minimum Gasteiger partial charge on any atom is -0.469 e. The van der Waals surface area contributed by atoms with Gasteiger partial charge in [-0.05, 0) is 12.1 Å². The molecule has 1 aromatic rings. The number of ether oxygens (including phenoxy) is 1. The third kappa shape index (κ3) is 3.22. The maximum Gasteiger partial charge on any atom is 0.315 e. The molecule has 0 aliphatic carbocycles. The molecule has 0 fully saturated rings. The molecule has 1 aromatic heterocycles. The van der Waals surface area contributed by atoms with E-state index >= 15 is 0 Å². The molecule has 0 saturated carbocycles. The maximum atomic E-state index is 11.1. The lowest BCUT2D eigenvalue weighted by molar-refractivity contribution is -0.142. The minimum atomic E-state index is -0.564. The molecular formula is C9H10N2O3. The van der Waals surface area contributed by atoms with Gasteiger partial charge in [0.2, 0.25) is 5.91 Å². The molecule has 0 aliphatic rings. The minimum absolute atomic E-state index is 0.286. The lowest BCUT2D eigenvalue weighted by atomic mass is 10.3. The van der Waals surface area contributed by atoms with Gasteiger partial charge in [0, 0.05) is 6.20 Å². The topological polar surface area (TPSA) is 68.3 Å². The molecule has 0 saturated heterocycles. The summed E-state index contributed by atoms with van der Waals surface area (Å²) < 4.78 is 4.34. The number of carbonyl (C=O) groups is 2. The molecular weight excluding hydrogens is 184 g/mol. The molecule has 0 unspecified atom stereocenters. The fourth-order valence-corrected chi connectivity index (χ4v) is 0.845. The molecule has 14 heavy (non-hydrogen) atoms. The number of hydrogen-bond donors (Lipinski definition) is 1. The molecule has 74 valence electrons. The molecule has 1 N–H and O–H groups in total. The van der Waals surface area contributed by atoms with Crippen LogP contribution in [0.5, 0.6) is 0 Å². The van der Waals surface area contributed by atoms with Crippen LogP contribution < -0.4 is 5.32 Å². The number of methoxy groups -OCH3 is 1. The van der Waals surface area contributed by atoms with Gasteiger partial charge in [-0.2, -0.15) is 0 Å². The van der Waals surface area contributed by atoms with Crippen molar-refractivity contribution in [1.29, 1.82) is 0 Å². The van der Waals surface area contributed by atoms with E-state index in [0.717, 1.165) is 0 Å². The number of rotatable bonds is 3. The molecule has 0 bridgehead atoms. The van der Waals surface area contributed by atoms with E-state index in [1.54, 1.807) is 18.3 Å². The summed E-state index contributed by atoms with van der Waals surface area (Å²) in [5.41, 5.74) is 0.557. The number of aromatic nitrogens is 1. The SMILES string of the molecule is COC(=O)CC(=O)Nc1cccnc1. The van der Waals surface area contributed by atoms with Crippen LogP contribution in [0.2, 0.25) is 0 Å². The molecule has 1 heterocycles. The number of nitrogens with zero attached hydrogens (tertiary/aromatic N) is 1. The molecule has 1 rings (SSSR count). The second-order valence-corrected chi connectivity index (χ2v) is 2.54. The average molecular weight is 194 g/mol. The Bertz CT molecular complexity index is 324. The lowest BCUT2D eigenvalue weighted by Crippen LogP contribution is -2.17. The first kappa shape index (κ1) is 10.2. The number of esters is 1. The first-order valence-electron chi connectivity index (χ1n) is 3.99. The van der Waals surface area contributed by atoms with Crippen molar-refractivity contribution in [2.45, 2.75) is 6.42 Å². The Kier molecular flexibility index (Phi) is 3.60. The summed E-state index contributed by atoms with van der Waals surface area (Å²) in [5, 5.41) is 2.50. The average Bonchev–Trinajstić information content (AvgIpc) is 2.19. The van der Waals surface area contributed by atoms with Gasteiger partial charge in [0.25, 0.3) is 0 Å². The number of nitrogens with one attached hydrogen (secondary N) is 1. The standard InChI is InChI=1S/C9H10N2O3/c1-14-9(13)5-8(12)11-7-3-2-4-10-6-7/h2-4,6H,5H2,1H3,(H,11,12). The Balaban J connectivity index is 2.46. The molecule has 0 atom stereocenters. The monoisotopic (exact) mass is 194 g/mol. The van der Waals surface area contributed by atoms with Crippen molar-refractivity contribution in [2.24, 2.45) is 0 Å². The smallest absolute Gasteiger partial charge is 0.315 e. The Labute approximate surface area is 81.1 Å². The van der Waals surface area contributed by atoms with E-state index in [1.807, 2.05) is 0 Å². The number of pyridine rings is 1. The summed E-state index contributed by atoms with van der Waals surface area (Å²) >= 11 is 0. The van der Waals surface area contributed by atoms with Crippen LogP contribution in [0, 0.1) is 0 Å². The van der Waals surface area contributed by atoms with Gasteiger partial charge in [0.15, 0.2) is 0 Å². The second kappa shape index (κ2) is 4.96. The van der Waals surface area contributed by atoms with E-state index in [-0.39, 0.29) is 6.42 Å². The highest BCUT2D eigenvalue weighted by atomic mass is 16.5. The quantitative estimate of drug-likeness (QED) is 0.564. The lowest BCUT2D eigenvalue weighted by Gasteiger charge is -2.02. The summed E-state index contributed by atoms with van der Waals surface area (Å²) in [6.07, 6.45) is 2.80. The number of carbonyl (C=O) groups excluding carboxylic acids is 2. The Hall–Kier alpha value is -1.91. The summed E-state index contributed by atoms with van der Waals surface area (Å²) in [7, 11) is 1.24. The van der Waals surface area contributed by atoms with Gasteiger partial charge in [-0.3, -0.25) is 14.6 Å². The fourth-order valence-electron chi connectivity index (χ4n) is 0.845. The van der Waals surface area contributed by atoms with Gasteiger partial charge in [0.1, 0.15) is 6.42 Å². The number of amides is 1. The summed E-state index contributed by atoms with van der Waals surface area (Å²) in [6.45, 7) is 0. The first-order chi connectivity index (χ1) is 6.72. The third-order valence-corrected chi connectivity index (χ3v) is 1.48. The first-order valence-corrected chi connectivity index (χ1v) is 3.99. The molecule has 5 nitrogen and oxygen atoms in total. The molecule has 0 spiro atoms. The Morgan fingerprint density at radius 3 is 2.93 bits per heavy atom. The normalized spacial score (nSPS) is 9.21. The molecule has 1 amide bonds. The van der Waals surface area contributed by atoms with Crippen LogP contribution >= 0.6 is 0 Å². The van der Waals surface area contributed by atoms with Crippen molar-refractivity contribution in [2.75, 3.05) is 12.4 Å². The van der Waals surface area contributed by atoms with Crippen LogP contribution in [0.3, 0.4) is 0 Å². The van der Waals surface area contributed by atoms with Crippen LogP contribution in [-0.4, -0.2) is 24.0 Å². The van der Waals surface area contributed by atoms with E-state index in [0.29, 0.717) is 5.69 Å². The van der Waals surface area contributed by atoms with E-state index in [2.05, 4.69) is 15.0 Å². The van der Waals surface area contributed by atoms with Gasteiger partial charge in [-0.15, -0.1) is 0 Å². The largest absolute Gasteiger partial charge is 0.469 e. The summed E-state index contributed by atoms with van der Waals surface area (Å²) in [4.78, 5) is 25.7. The van der Waals surface area contributed by atoms with Crippen molar-refractivity contribution in [3.05, 3.63) is 24.5 Å². The van der Waals surface area contributed by atoms with Gasteiger partial charge in [-0.1, -0.05) is 0 Å². The predicted molar refractivity (Wildman–Crippen MR) is 49.5 cm³/mol. The van der Waals surface area contributed by atoms with E-state index in [1.165, 1.54) is 13.3 Å². The summed E-state index contributed by atoms with van der Waals surface area (Å²) in [5.74, 6) is -0.976. The molecule has 5 heteroatoms. The van der Waals surface area contributed by atoms with Crippen molar-refractivity contribution >= 4 is 17.6 Å². The van der Waals surface area contributed by atoms with Gasteiger partial charge in [-0.25, -0.2) is 0 Å². The van der Waals surface area contributed by atoms with E-state index in [9.17, 15) is 9.59 Å². The van der Waals surface area contributed by atoms with Crippen LogP contribution in [0.15, 0.2) is 24.5 Å². The zero-order valence-electron chi connectivity index (χ0n) is 7.69. The zero-order chi connectivity index (χ0) is 10.4. The fraction of sp³-hybridized carbons (Fsp3) is 0.222. The highest BCUT2D eigenvalue weighted by Crippen LogP contribution is 2.03. The van der Waals surface area contributed by atoms with Crippen LogP contribution in [0.25, 0.3) is 0 Å². The molecule has 0 aliphatic heterocycles. The predicted octanol–water partition coefficient (Wildman–Crippen LogP) is 0.583. The second-order valence-electron chi connectivity index (χ2n) is 2.54. The highest BCUT2D eigenvalue weighted by Gasteiger charge is 2.08. The van der Waals surface area contributed by atoms with Crippen molar-refractivity contribution in [3.8, 4) is 0 Å². The van der Waals surface area contributed by atoms with Crippen LogP contribution in [-0.2, 0) is 14.3 Å². The maximum absolute atomic E-state index is 11.1. The molecule has 0 radical (unpaired) electrons. The van der Waals surface area contributed by atoms with Gasteiger partial charge in [0.05, 0.1) is 19.0 Å². The van der Waals surface area contributed by atoms with Crippen LogP contribution in [0.4, 0.5) is 5.69 Å². The van der Waals surface area contributed by atoms with Gasteiger partial charge < -0.3 is 10.1 Å². The number of hydrogen-bond acceptors (Lipinski definition) is 4. The highest BCUT2D eigenvalue weighted by molar-refractivity contribution is 6.01. The van der Waals surface area contributed by atoms with Crippen molar-refractivity contribution in [3.63, 3.8) is 0 Å². The zero-order valence-corrected chi connectivity index (χ0v) is 7.69. The Morgan fingerprint density at radius 1 is 1.57 bits per heavy atom. The summed E-state index contributed by atoms with van der Waals surface area (Å²) in [6, 6.07) is 3.37. The molecule has 0 aromatic carbocycles. The van der Waals surface area contributed by atoms with E-state index < -0.39 is 11.9 Å². The van der Waals surface area contributed by atoms with Crippen LogP contribution in [0.1, 0.15) is 6.42 Å².